The Bertz CT molecular complexity index is 6530. The maximum Gasteiger partial charge on any atom is 0.140 e. The smallest absolute Gasteiger partial charge is 0.140 e. The molecule has 104 heavy (non-hydrogen) atoms. The number of pyridine rings is 3. The summed E-state index contributed by atoms with van der Waals surface area (Å²) in [7, 11) is 0. The average Bonchev–Trinajstić information content (AvgIpc) is 1.54. The largest absolute Gasteiger partial charge is 0.353 e. The molecular formula is C91H68BrI2N10-. The van der Waals surface area contributed by atoms with E-state index >= 15 is 0 Å². The molecule has 10 nitrogen and oxygen atoms in total. The maximum atomic E-state index is 6.20. The predicted octanol–water partition coefficient (Wildman–Crippen LogP) is 26.3. The number of nitrogens with one attached hydrogen (secondary N) is 2. The Kier molecular flexibility index (Phi) is 17.8. The summed E-state index contributed by atoms with van der Waals surface area (Å²) in [5.74, 6) is 4.36. The number of H-pyrrole nitrogens is 2. The van der Waals surface area contributed by atoms with Crippen LogP contribution < -0.4 is 0 Å². The van der Waals surface area contributed by atoms with Gasteiger partial charge in [-0.05, 0) is 118 Å². The molecule has 13 heteroatoms. The fraction of sp³-hybridized carbons (Fsp3) is 0.0330. The van der Waals surface area contributed by atoms with E-state index in [1.165, 1.54) is 97.7 Å². The second-order valence-electron chi connectivity index (χ2n) is 25.0. The number of para-hydroxylation sites is 10. The van der Waals surface area contributed by atoms with Gasteiger partial charge in [0.1, 0.15) is 33.7 Å². The van der Waals surface area contributed by atoms with Crippen molar-refractivity contribution in [2.45, 2.75) is 14.9 Å². The van der Waals surface area contributed by atoms with Crippen molar-refractivity contribution >= 4 is 214 Å². The van der Waals surface area contributed by atoms with Gasteiger partial charge in [-0.15, -0.1) is 0 Å². The Morgan fingerprint density at radius 3 is 0.788 bits per heavy atom. The van der Waals surface area contributed by atoms with Gasteiger partial charge >= 0.3 is 0 Å². The zero-order valence-electron chi connectivity index (χ0n) is 55.7. The van der Waals surface area contributed by atoms with Gasteiger partial charge in [-0.1, -0.05) is 262 Å². The third-order valence-electron chi connectivity index (χ3n) is 19.7. The molecule has 0 radical (unpaired) electrons. The Hall–Kier alpha value is -11.4. The minimum Gasteiger partial charge on any atom is -0.353 e. The van der Waals surface area contributed by atoms with Gasteiger partial charge in [-0.25, -0.2) is 15.0 Å². The number of aromatic amines is 2. The minimum atomic E-state index is 0. The van der Waals surface area contributed by atoms with Gasteiger partial charge < -0.3 is 32.6 Å². The summed E-state index contributed by atoms with van der Waals surface area (Å²) < 4.78 is 18.5. The first-order chi connectivity index (χ1) is 51.0. The molecule has 22 aromatic rings. The number of fused-ring (bicyclic) bond motifs is 23. The summed E-state index contributed by atoms with van der Waals surface area (Å²) in [6, 6.07) is 113. The highest BCUT2D eigenvalue weighted by Gasteiger charge is 2.24. The van der Waals surface area contributed by atoms with Crippen LogP contribution in [-0.2, 0) is 0 Å². The molecule has 12 aromatic carbocycles. The summed E-state index contributed by atoms with van der Waals surface area (Å²) in [6.45, 7) is 0. The lowest BCUT2D eigenvalue weighted by molar-refractivity contribution is 1.00. The topological polar surface area (TPSA) is 94.9 Å². The Labute approximate surface area is 637 Å². The summed E-state index contributed by atoms with van der Waals surface area (Å²) in [4.78, 5) is 26.4. The molecule has 2 N–H and O–H groups in total. The number of hydrogen-bond donors (Lipinski definition) is 2. The van der Waals surface area contributed by atoms with E-state index in [2.05, 4.69) is 362 Å². The third kappa shape index (κ3) is 10.9. The normalized spacial score (nSPS) is 11.5. The summed E-state index contributed by atoms with van der Waals surface area (Å²) >= 11 is 7.31. The second kappa shape index (κ2) is 28.1. The highest BCUT2D eigenvalue weighted by atomic mass is 127. The van der Waals surface area contributed by atoms with Gasteiger partial charge in [0.2, 0.25) is 0 Å². The van der Waals surface area contributed by atoms with Crippen LogP contribution in [0.15, 0.2) is 326 Å². The van der Waals surface area contributed by atoms with E-state index in [1.807, 2.05) is 63.4 Å². The first-order valence-corrected chi connectivity index (χ1v) is 37.3. The Balaban J connectivity index is 0.000000146. The molecule has 0 unspecified atom stereocenters. The van der Waals surface area contributed by atoms with Gasteiger partial charge in [-0.3, -0.25) is 27.8 Å². The van der Waals surface area contributed by atoms with E-state index in [4.69, 9.17) is 11.3 Å². The molecule has 0 aliphatic carbocycles. The molecule has 0 aliphatic heterocycles. The molecule has 0 amide bonds. The molecule has 10 aromatic heterocycles. The zero-order valence-corrected chi connectivity index (χ0v) is 60.6. The van der Waals surface area contributed by atoms with Gasteiger partial charge in [0, 0.05) is 87.8 Å². The van der Waals surface area contributed by atoms with Crippen LogP contribution in [0.2, 0.25) is 0 Å². The van der Waals surface area contributed by atoms with E-state index in [-0.39, 0.29) is 14.9 Å². The van der Waals surface area contributed by atoms with Crippen molar-refractivity contribution in [2.24, 2.45) is 0 Å². The van der Waals surface area contributed by atoms with E-state index in [0.717, 1.165) is 88.6 Å². The molecule has 0 saturated carbocycles. The molecule has 0 saturated heterocycles. The van der Waals surface area contributed by atoms with Gasteiger partial charge in [0.15, 0.2) is 0 Å². The van der Waals surface area contributed by atoms with Crippen LogP contribution in [0.1, 0.15) is 16.2 Å². The lowest BCUT2D eigenvalue weighted by Crippen LogP contribution is -2.05. The molecule has 22 rings (SSSR count). The van der Waals surface area contributed by atoms with Crippen LogP contribution in [0.25, 0.3) is 182 Å². The van der Waals surface area contributed by atoms with Gasteiger partial charge in [0.05, 0.1) is 66.2 Å². The minimum absolute atomic E-state index is 0. The SMILES string of the molecule is Brc1cccc(-n2c3ccccc3c3ccccc32)n1.C.C.[2H]CI.[CH2-]I.c1cc(-n2c3ccccc3c3ccccc32)nc(-n2c3ccccc3c3ccc4c5ccccc5n(-c5cccc(-n6c7ccccc7c7ccccc76)n5)c4c32)c1.c1ccc2c(c1)[nH]c1c2ccc2c3ccccc3[nH]c21. The predicted molar refractivity (Wildman–Crippen MR) is 464 cm³/mol. The molecule has 0 fully saturated rings. The zero-order chi connectivity index (χ0) is 69.2. The third-order valence-corrected chi connectivity index (χ3v) is 20.1. The van der Waals surface area contributed by atoms with Crippen LogP contribution in [0, 0.1) is 4.93 Å². The number of aromatic nitrogens is 10. The first-order valence-electron chi connectivity index (χ1n) is 34.2. The monoisotopic (exact) mass is 1630 g/mol. The van der Waals surface area contributed by atoms with Crippen molar-refractivity contribution in [1.82, 2.24) is 47.8 Å². The van der Waals surface area contributed by atoms with Gasteiger partial charge in [0.25, 0.3) is 0 Å². The molecule has 0 atom stereocenters. The summed E-state index contributed by atoms with van der Waals surface area (Å²) in [6.07, 6.45) is 0. The van der Waals surface area contributed by atoms with Crippen molar-refractivity contribution in [1.29, 1.82) is 0 Å². The van der Waals surface area contributed by atoms with E-state index in [1.54, 1.807) is 0 Å². The number of nitrogens with zero attached hydrogens (tertiary/aromatic N) is 8. The molecule has 0 spiro atoms. The maximum absolute atomic E-state index is 6.20. The summed E-state index contributed by atoms with van der Waals surface area (Å²) in [5, 5.41) is 17.1. The lowest BCUT2D eigenvalue weighted by atomic mass is 10.1. The van der Waals surface area contributed by atoms with Crippen LogP contribution in [0.4, 0.5) is 0 Å². The Morgan fingerprint density at radius 2 is 0.490 bits per heavy atom. The fourth-order valence-electron chi connectivity index (χ4n) is 15.6. The quantitative estimate of drug-likeness (QED) is 0.0778. The number of hydrogen-bond acceptors (Lipinski definition) is 3. The average molecular weight is 1640 g/mol. The van der Waals surface area contributed by atoms with Crippen LogP contribution >= 0.6 is 61.1 Å². The number of benzene rings is 12. The molecular weight excluding hydrogens is 1570 g/mol. The highest BCUT2D eigenvalue weighted by molar-refractivity contribution is 14.1. The molecule has 504 valence electrons. The number of rotatable bonds is 5. The van der Waals surface area contributed by atoms with Crippen LogP contribution in [0.5, 0.6) is 0 Å². The van der Waals surface area contributed by atoms with E-state index < -0.39 is 0 Å². The fourth-order valence-corrected chi connectivity index (χ4v) is 15.9. The highest BCUT2D eigenvalue weighted by Crippen LogP contribution is 2.43. The van der Waals surface area contributed by atoms with E-state index in [0.29, 0.717) is 4.91 Å². The second-order valence-corrected chi connectivity index (χ2v) is 25.8. The first kappa shape index (κ1) is 65.9. The molecule has 10 heterocycles. The number of halogens is 3. The van der Waals surface area contributed by atoms with E-state index in [9.17, 15) is 0 Å². The molecule has 0 aliphatic rings. The van der Waals surface area contributed by atoms with Crippen molar-refractivity contribution in [3.8, 4) is 29.1 Å². The summed E-state index contributed by atoms with van der Waals surface area (Å²) in [5.41, 5.74) is 16.0. The lowest BCUT2D eigenvalue weighted by Gasteiger charge is -2.14. The van der Waals surface area contributed by atoms with Crippen molar-refractivity contribution < 1.29 is 1.37 Å². The Morgan fingerprint density at radius 1 is 0.269 bits per heavy atom. The van der Waals surface area contributed by atoms with Gasteiger partial charge in [-0.2, -0.15) is 0 Å². The standard InChI is InChI=1S/C52H32N6.C18H12N2.C17H11BrN2.CH3I.CH2I.2CH4/c1-7-21-41-33(15-1)34-16-2-8-22-42(34)55(41)47-27-13-29-49(53-47)57-45-25-11-5-19-37(45)39-31-32-40-38-20-6-12-26-46(38)58(52(40)51(39)57)50-30-14-28-48(54-50)56-43-23-9-3-17-35(43)36-18-4-10-24-44(36)56;1-3-7-15-11(5-1)13-9-10-14-12-6-2-4-8-16(12)20-18(14)17(13)19-15;18-16-10-5-11-17(19-16)20-14-8-3-1-6-12(14)13-7-2-4-9-15(13)20;2*1-2;;/h1-32H;1-10,19-20H;1-11H;1H3;1H2;2*1H4/q;;;;-1;;/i;;;1D;;;. The van der Waals surface area contributed by atoms with Crippen molar-refractivity contribution in [2.75, 3.05) is 4.91 Å². The van der Waals surface area contributed by atoms with Crippen molar-refractivity contribution in [3.05, 3.63) is 331 Å². The van der Waals surface area contributed by atoms with Crippen LogP contribution in [0.3, 0.4) is 0 Å². The van der Waals surface area contributed by atoms with Crippen molar-refractivity contribution in [3.63, 3.8) is 0 Å². The van der Waals surface area contributed by atoms with Crippen LogP contribution in [-0.4, -0.2) is 52.7 Å². The molecule has 0 bridgehead atoms. The number of alkyl halides is 1.